The van der Waals surface area contributed by atoms with Gasteiger partial charge in [-0.2, -0.15) is 0 Å². The summed E-state index contributed by atoms with van der Waals surface area (Å²) in [5.74, 6) is 1.72. The molecule has 8 heteroatoms. The molecule has 0 radical (unpaired) electrons. The molecule has 23 heavy (non-hydrogen) atoms. The second-order valence-corrected chi connectivity index (χ2v) is 5.16. The number of aromatic nitrogens is 3. The van der Waals surface area contributed by atoms with Gasteiger partial charge in [0.2, 0.25) is 5.91 Å². The molecule has 0 spiro atoms. The van der Waals surface area contributed by atoms with Crippen LogP contribution in [0.2, 0.25) is 0 Å². The van der Waals surface area contributed by atoms with Gasteiger partial charge in [-0.1, -0.05) is 6.07 Å². The number of carbonyl (C=O) groups excluding carboxylic acids is 1. The highest BCUT2D eigenvalue weighted by atomic mass is 35.5. The Morgan fingerprint density at radius 3 is 2.61 bits per heavy atom. The van der Waals surface area contributed by atoms with E-state index in [1.54, 1.807) is 12.4 Å². The highest BCUT2D eigenvalue weighted by Crippen LogP contribution is 2.08. The number of amides is 1. The van der Waals surface area contributed by atoms with E-state index in [4.69, 9.17) is 5.73 Å². The SMILES string of the molecule is Cc1nccn1-c1ccc(CNC(=O)CCC(C)N)cn1.Cl.Cl. The van der Waals surface area contributed by atoms with Crippen molar-refractivity contribution in [2.45, 2.75) is 39.3 Å². The standard InChI is InChI=1S/C15H21N5O.2ClH/c1-11(16)3-6-15(21)19-10-13-4-5-14(18-9-13)20-8-7-17-12(20)2;;/h4-5,7-9,11H,3,6,10,16H2,1-2H3,(H,19,21);2*1H. The van der Waals surface area contributed by atoms with Crippen molar-refractivity contribution in [3.8, 4) is 5.82 Å². The fourth-order valence-corrected chi connectivity index (χ4v) is 1.93. The molecule has 0 saturated carbocycles. The van der Waals surface area contributed by atoms with Crippen molar-refractivity contribution in [1.82, 2.24) is 19.9 Å². The number of nitrogens with zero attached hydrogens (tertiary/aromatic N) is 3. The van der Waals surface area contributed by atoms with E-state index >= 15 is 0 Å². The van der Waals surface area contributed by atoms with Crippen molar-refractivity contribution in [1.29, 1.82) is 0 Å². The van der Waals surface area contributed by atoms with Gasteiger partial charge in [-0.3, -0.25) is 9.36 Å². The lowest BCUT2D eigenvalue weighted by atomic mass is 10.2. The number of aryl methyl sites for hydroxylation is 1. The zero-order valence-electron chi connectivity index (χ0n) is 13.2. The summed E-state index contributed by atoms with van der Waals surface area (Å²) in [6.45, 7) is 4.30. The molecule has 0 aliphatic heterocycles. The van der Waals surface area contributed by atoms with Crippen LogP contribution in [0.4, 0.5) is 0 Å². The first-order chi connectivity index (χ1) is 10.1. The van der Waals surface area contributed by atoms with Crippen LogP contribution >= 0.6 is 24.8 Å². The zero-order chi connectivity index (χ0) is 15.2. The van der Waals surface area contributed by atoms with Gasteiger partial charge in [-0.05, 0) is 31.9 Å². The van der Waals surface area contributed by atoms with Crippen molar-refractivity contribution in [3.05, 3.63) is 42.1 Å². The Hall–Kier alpha value is -1.63. The average molecular weight is 360 g/mol. The van der Waals surface area contributed by atoms with E-state index in [1.165, 1.54) is 0 Å². The molecule has 128 valence electrons. The number of imidazole rings is 1. The summed E-state index contributed by atoms with van der Waals surface area (Å²) >= 11 is 0. The van der Waals surface area contributed by atoms with E-state index in [2.05, 4.69) is 15.3 Å². The number of halogens is 2. The molecule has 2 aromatic rings. The summed E-state index contributed by atoms with van der Waals surface area (Å²) in [4.78, 5) is 20.2. The first kappa shape index (κ1) is 21.4. The summed E-state index contributed by atoms with van der Waals surface area (Å²) in [5, 5.41) is 2.87. The van der Waals surface area contributed by atoms with E-state index in [-0.39, 0.29) is 36.8 Å². The summed E-state index contributed by atoms with van der Waals surface area (Å²) in [5.41, 5.74) is 6.59. The third kappa shape index (κ3) is 6.56. The molecule has 6 nitrogen and oxygen atoms in total. The molecule has 0 saturated heterocycles. The highest BCUT2D eigenvalue weighted by Gasteiger charge is 2.05. The number of nitrogens with two attached hydrogens (primary N) is 1. The molecule has 1 amide bonds. The van der Waals surface area contributed by atoms with E-state index in [0.29, 0.717) is 19.4 Å². The first-order valence-corrected chi connectivity index (χ1v) is 7.04. The molecular formula is C15H23Cl2N5O. The van der Waals surface area contributed by atoms with Crippen LogP contribution in [-0.2, 0) is 11.3 Å². The number of nitrogens with one attached hydrogen (secondary N) is 1. The van der Waals surface area contributed by atoms with Crippen molar-refractivity contribution < 1.29 is 4.79 Å². The smallest absolute Gasteiger partial charge is 0.220 e. The van der Waals surface area contributed by atoms with Crippen LogP contribution in [0.15, 0.2) is 30.7 Å². The van der Waals surface area contributed by atoms with Crippen molar-refractivity contribution in [3.63, 3.8) is 0 Å². The van der Waals surface area contributed by atoms with Crippen LogP contribution in [0, 0.1) is 6.92 Å². The molecule has 0 aromatic carbocycles. The van der Waals surface area contributed by atoms with E-state index in [9.17, 15) is 4.79 Å². The second kappa shape index (κ2) is 10.2. The molecule has 3 N–H and O–H groups in total. The molecular weight excluding hydrogens is 337 g/mol. The number of carbonyl (C=O) groups is 1. The average Bonchev–Trinajstić information content (AvgIpc) is 2.89. The van der Waals surface area contributed by atoms with Gasteiger partial charge in [0.05, 0.1) is 0 Å². The van der Waals surface area contributed by atoms with Gasteiger partial charge in [0.25, 0.3) is 0 Å². The van der Waals surface area contributed by atoms with Gasteiger partial charge in [-0.15, -0.1) is 24.8 Å². The Morgan fingerprint density at radius 1 is 1.35 bits per heavy atom. The first-order valence-electron chi connectivity index (χ1n) is 7.04. The van der Waals surface area contributed by atoms with E-state index in [1.807, 2.05) is 36.7 Å². The van der Waals surface area contributed by atoms with Crippen LogP contribution in [0.1, 0.15) is 31.2 Å². The van der Waals surface area contributed by atoms with Gasteiger partial charge in [0, 0.05) is 37.6 Å². The summed E-state index contributed by atoms with van der Waals surface area (Å²) in [6.07, 6.45) is 6.53. The number of rotatable bonds is 6. The summed E-state index contributed by atoms with van der Waals surface area (Å²) in [6, 6.07) is 3.92. The molecule has 1 atom stereocenters. The third-order valence-corrected chi connectivity index (χ3v) is 3.20. The maximum atomic E-state index is 11.6. The molecule has 2 aromatic heterocycles. The Morgan fingerprint density at radius 2 is 2.09 bits per heavy atom. The molecule has 2 heterocycles. The third-order valence-electron chi connectivity index (χ3n) is 3.20. The molecule has 2 rings (SSSR count). The summed E-state index contributed by atoms with van der Waals surface area (Å²) < 4.78 is 1.91. The molecule has 1 unspecified atom stereocenters. The van der Waals surface area contributed by atoms with Gasteiger partial charge in [0.1, 0.15) is 11.6 Å². The Labute approximate surface area is 148 Å². The highest BCUT2D eigenvalue weighted by molar-refractivity contribution is 5.85. The number of pyridine rings is 1. The number of hydrogen-bond donors (Lipinski definition) is 2. The lowest BCUT2D eigenvalue weighted by Gasteiger charge is -2.08. The maximum Gasteiger partial charge on any atom is 0.220 e. The Balaban J connectivity index is 0.00000242. The molecule has 0 bridgehead atoms. The van der Waals surface area contributed by atoms with E-state index < -0.39 is 0 Å². The van der Waals surface area contributed by atoms with Gasteiger partial charge in [0.15, 0.2) is 0 Å². The summed E-state index contributed by atoms with van der Waals surface area (Å²) in [7, 11) is 0. The Kier molecular flexibility index (Phi) is 9.48. The quantitative estimate of drug-likeness (QED) is 0.827. The fourth-order valence-electron chi connectivity index (χ4n) is 1.93. The maximum absolute atomic E-state index is 11.6. The normalized spacial score (nSPS) is 11.1. The van der Waals surface area contributed by atoms with Gasteiger partial charge >= 0.3 is 0 Å². The molecule has 0 aliphatic rings. The van der Waals surface area contributed by atoms with Crippen LogP contribution in [-0.4, -0.2) is 26.5 Å². The topological polar surface area (TPSA) is 85.8 Å². The Bertz CT molecular complexity index is 598. The molecule has 0 fully saturated rings. The zero-order valence-corrected chi connectivity index (χ0v) is 14.9. The van der Waals surface area contributed by atoms with Crippen LogP contribution in [0.5, 0.6) is 0 Å². The van der Waals surface area contributed by atoms with E-state index in [0.717, 1.165) is 17.2 Å². The van der Waals surface area contributed by atoms with Crippen LogP contribution in [0.25, 0.3) is 5.82 Å². The minimum Gasteiger partial charge on any atom is -0.352 e. The minimum atomic E-state index is 0. The van der Waals surface area contributed by atoms with Crippen molar-refractivity contribution in [2.24, 2.45) is 5.73 Å². The monoisotopic (exact) mass is 359 g/mol. The van der Waals surface area contributed by atoms with Crippen molar-refractivity contribution in [2.75, 3.05) is 0 Å². The second-order valence-electron chi connectivity index (χ2n) is 5.16. The van der Waals surface area contributed by atoms with Gasteiger partial charge in [-0.25, -0.2) is 9.97 Å². The lowest BCUT2D eigenvalue weighted by Crippen LogP contribution is -2.25. The van der Waals surface area contributed by atoms with Gasteiger partial charge < -0.3 is 11.1 Å². The fraction of sp³-hybridized carbons (Fsp3) is 0.400. The lowest BCUT2D eigenvalue weighted by molar-refractivity contribution is -0.121. The molecule has 0 aliphatic carbocycles. The predicted molar refractivity (Wildman–Crippen MR) is 95.3 cm³/mol. The van der Waals surface area contributed by atoms with Crippen LogP contribution < -0.4 is 11.1 Å². The predicted octanol–water partition coefficient (Wildman–Crippen LogP) is 2.16. The largest absolute Gasteiger partial charge is 0.352 e. The minimum absolute atomic E-state index is 0. The number of hydrogen-bond acceptors (Lipinski definition) is 4. The van der Waals surface area contributed by atoms with Crippen molar-refractivity contribution >= 4 is 30.7 Å². The van der Waals surface area contributed by atoms with Crippen LogP contribution in [0.3, 0.4) is 0 Å².